The van der Waals surface area contributed by atoms with Gasteiger partial charge in [-0.3, -0.25) is 4.79 Å². The van der Waals surface area contributed by atoms with Crippen molar-refractivity contribution in [2.24, 2.45) is 0 Å². The van der Waals surface area contributed by atoms with Crippen molar-refractivity contribution in [3.8, 4) is 0 Å². The Morgan fingerprint density at radius 2 is 2.00 bits per heavy atom. The molecule has 3 N–H and O–H groups in total. The molecule has 1 aromatic rings. The summed E-state index contributed by atoms with van der Waals surface area (Å²) in [6, 6.07) is 2.71. The molecule has 2 heterocycles. The van der Waals surface area contributed by atoms with Gasteiger partial charge in [0.2, 0.25) is 0 Å². The van der Waals surface area contributed by atoms with E-state index in [1.165, 1.54) is 12.1 Å². The molecule has 0 radical (unpaired) electrons. The molecular weight excluding hydrogens is 399 g/mol. The second kappa shape index (κ2) is 6.65. The van der Waals surface area contributed by atoms with E-state index in [0.717, 1.165) is 10.1 Å². The van der Waals surface area contributed by atoms with Gasteiger partial charge in [-0.2, -0.15) is 5.06 Å². The van der Waals surface area contributed by atoms with Crippen molar-refractivity contribution in [2.75, 3.05) is 19.9 Å². The highest BCUT2D eigenvalue weighted by atomic mass is 79.9. The third-order valence-electron chi connectivity index (χ3n) is 4.76. The van der Waals surface area contributed by atoms with Crippen LogP contribution in [0, 0.1) is 12.7 Å². The van der Waals surface area contributed by atoms with Crippen molar-refractivity contribution in [3.63, 3.8) is 0 Å². The fraction of sp³-hybridized carbons (Fsp3) is 0.438. The van der Waals surface area contributed by atoms with Gasteiger partial charge in [-0.05, 0) is 59.0 Å². The van der Waals surface area contributed by atoms with Crippen LogP contribution in [0.1, 0.15) is 24.0 Å². The van der Waals surface area contributed by atoms with Crippen molar-refractivity contribution in [3.05, 3.63) is 39.3 Å². The van der Waals surface area contributed by atoms with E-state index in [4.69, 9.17) is 9.94 Å². The Morgan fingerprint density at radius 3 is 2.60 bits per heavy atom. The summed E-state index contributed by atoms with van der Waals surface area (Å²) in [4.78, 5) is 18.0. The summed E-state index contributed by atoms with van der Waals surface area (Å²) in [6.45, 7) is 1.35. The third kappa shape index (κ3) is 2.85. The average Bonchev–Trinajstić information content (AvgIpc) is 2.76. The van der Waals surface area contributed by atoms with Gasteiger partial charge in [0, 0.05) is 13.1 Å². The van der Waals surface area contributed by atoms with Crippen LogP contribution in [0.5, 0.6) is 0 Å². The molecule has 1 spiro atoms. The Morgan fingerprint density at radius 1 is 1.36 bits per heavy atom. The number of carbonyl (C=O) groups is 1. The fourth-order valence-corrected chi connectivity index (χ4v) is 3.77. The molecule has 3 rings (SSSR count). The molecule has 0 aromatic heterocycles. The van der Waals surface area contributed by atoms with Crippen LogP contribution in [0.25, 0.3) is 5.57 Å². The number of piperidine rings is 1. The maximum atomic E-state index is 13.7. The molecule has 0 atom stereocenters. The quantitative estimate of drug-likeness (QED) is 0.653. The van der Waals surface area contributed by atoms with Gasteiger partial charge in [0.1, 0.15) is 17.1 Å². The zero-order chi connectivity index (χ0) is 18.4. The van der Waals surface area contributed by atoms with Gasteiger partial charge in [0.15, 0.2) is 6.79 Å². The standard InChI is InChI=1S/C16H18BrFN2O5/c1-9-6-12(18)11(17)7-10(9)13-14(22)16(2-4-19(24)5-3-16)20(15(13)23)25-8-21/h6-7,21-22,24H,2-5,8H2,1H3. The Bertz CT molecular complexity index is 746. The van der Waals surface area contributed by atoms with Crippen molar-refractivity contribution < 1.29 is 29.4 Å². The first-order chi connectivity index (χ1) is 11.8. The number of halogens is 2. The molecule has 2 aliphatic rings. The number of aryl methyl sites for hydroxylation is 1. The van der Waals surface area contributed by atoms with Crippen molar-refractivity contribution in [1.82, 2.24) is 10.1 Å². The van der Waals surface area contributed by atoms with Gasteiger partial charge in [-0.15, -0.1) is 0 Å². The van der Waals surface area contributed by atoms with Gasteiger partial charge in [0.05, 0.1) is 10.0 Å². The van der Waals surface area contributed by atoms with Crippen LogP contribution >= 0.6 is 15.9 Å². The predicted molar refractivity (Wildman–Crippen MR) is 88.7 cm³/mol. The molecule has 1 fully saturated rings. The van der Waals surface area contributed by atoms with Crippen LogP contribution in [-0.2, 0) is 9.63 Å². The first-order valence-electron chi connectivity index (χ1n) is 7.73. The molecule has 0 unspecified atom stereocenters. The number of hydrogen-bond acceptors (Lipinski definition) is 6. The van der Waals surface area contributed by atoms with E-state index in [-0.39, 0.29) is 41.7 Å². The molecule has 0 saturated carbocycles. The summed E-state index contributed by atoms with van der Waals surface area (Å²) < 4.78 is 13.9. The fourth-order valence-electron chi connectivity index (χ4n) is 3.43. The van der Waals surface area contributed by atoms with Gasteiger partial charge < -0.3 is 15.4 Å². The molecule has 7 nitrogen and oxygen atoms in total. The third-order valence-corrected chi connectivity index (χ3v) is 5.36. The first-order valence-corrected chi connectivity index (χ1v) is 8.53. The summed E-state index contributed by atoms with van der Waals surface area (Å²) in [5.41, 5.74) is -0.290. The van der Waals surface area contributed by atoms with E-state index in [0.29, 0.717) is 11.1 Å². The monoisotopic (exact) mass is 416 g/mol. The van der Waals surface area contributed by atoms with Gasteiger partial charge >= 0.3 is 0 Å². The average molecular weight is 417 g/mol. The highest BCUT2D eigenvalue weighted by Gasteiger charge is 2.55. The summed E-state index contributed by atoms with van der Waals surface area (Å²) in [7, 11) is 0. The normalized spacial score (nSPS) is 20.8. The second-order valence-electron chi connectivity index (χ2n) is 6.15. The van der Waals surface area contributed by atoms with E-state index < -0.39 is 24.1 Å². The SMILES string of the molecule is Cc1cc(F)c(Br)cc1C1=C(O)C2(CCN(O)CC2)N(OCO)C1=O. The lowest BCUT2D eigenvalue weighted by molar-refractivity contribution is -0.253. The number of carbonyl (C=O) groups excluding carboxylic acids is 1. The summed E-state index contributed by atoms with van der Waals surface area (Å²) >= 11 is 3.09. The topological polar surface area (TPSA) is 93.5 Å². The molecule has 9 heteroatoms. The number of hydroxylamine groups is 4. The van der Waals surface area contributed by atoms with E-state index in [1.807, 2.05) is 0 Å². The molecule has 1 amide bonds. The Labute approximate surface area is 151 Å². The number of aliphatic hydroxyl groups is 2. The van der Waals surface area contributed by atoms with E-state index >= 15 is 0 Å². The van der Waals surface area contributed by atoms with Gasteiger partial charge in [0.25, 0.3) is 5.91 Å². The predicted octanol–water partition coefficient (Wildman–Crippen LogP) is 2.11. The lowest BCUT2D eigenvalue weighted by atomic mass is 9.85. The molecule has 0 bridgehead atoms. The number of hydrogen-bond donors (Lipinski definition) is 3. The zero-order valence-electron chi connectivity index (χ0n) is 13.5. The van der Waals surface area contributed by atoms with Crippen LogP contribution < -0.4 is 0 Å². The minimum absolute atomic E-state index is 0.0121. The van der Waals surface area contributed by atoms with E-state index in [9.17, 15) is 19.5 Å². The summed E-state index contributed by atoms with van der Waals surface area (Å²) in [6.07, 6.45) is 0.456. The van der Waals surface area contributed by atoms with Crippen molar-refractivity contribution in [2.45, 2.75) is 25.3 Å². The number of aliphatic hydroxyl groups excluding tert-OH is 2. The lowest BCUT2D eigenvalue weighted by Crippen LogP contribution is -2.54. The highest BCUT2D eigenvalue weighted by molar-refractivity contribution is 9.10. The van der Waals surface area contributed by atoms with Gasteiger partial charge in [-0.25, -0.2) is 14.3 Å². The highest BCUT2D eigenvalue weighted by Crippen LogP contribution is 2.46. The lowest BCUT2D eigenvalue weighted by Gasteiger charge is -2.41. The molecule has 1 saturated heterocycles. The maximum absolute atomic E-state index is 13.7. The molecule has 2 aliphatic heterocycles. The molecule has 136 valence electrons. The maximum Gasteiger partial charge on any atom is 0.282 e. The molecular formula is C16H18BrFN2O5. The minimum atomic E-state index is -1.17. The summed E-state index contributed by atoms with van der Waals surface area (Å²) in [5, 5.41) is 31.7. The van der Waals surface area contributed by atoms with E-state index in [1.54, 1.807) is 6.92 Å². The summed E-state index contributed by atoms with van der Waals surface area (Å²) in [5.74, 6) is -1.28. The Kier molecular flexibility index (Phi) is 4.86. The van der Waals surface area contributed by atoms with Crippen LogP contribution in [0.2, 0.25) is 0 Å². The number of rotatable bonds is 3. The number of amides is 1. The number of nitrogens with zero attached hydrogens (tertiary/aromatic N) is 2. The minimum Gasteiger partial charge on any atom is -0.509 e. The molecule has 1 aromatic carbocycles. The number of benzene rings is 1. The van der Waals surface area contributed by atoms with Crippen LogP contribution in [0.3, 0.4) is 0 Å². The second-order valence-corrected chi connectivity index (χ2v) is 7.00. The smallest absolute Gasteiger partial charge is 0.282 e. The van der Waals surface area contributed by atoms with E-state index in [2.05, 4.69) is 15.9 Å². The van der Waals surface area contributed by atoms with Gasteiger partial charge in [-0.1, -0.05) is 0 Å². The first kappa shape index (κ1) is 18.3. The van der Waals surface area contributed by atoms with Crippen LogP contribution in [0.15, 0.2) is 22.4 Å². The Balaban J connectivity index is 2.14. The molecule has 25 heavy (non-hydrogen) atoms. The molecule has 0 aliphatic carbocycles. The van der Waals surface area contributed by atoms with Crippen LogP contribution in [-0.4, -0.2) is 56.9 Å². The Hall–Kier alpha value is -1.52. The zero-order valence-corrected chi connectivity index (χ0v) is 15.1. The van der Waals surface area contributed by atoms with Crippen LogP contribution in [0.4, 0.5) is 4.39 Å². The van der Waals surface area contributed by atoms with Crippen molar-refractivity contribution in [1.29, 1.82) is 0 Å². The van der Waals surface area contributed by atoms with Crippen molar-refractivity contribution >= 4 is 27.4 Å². The largest absolute Gasteiger partial charge is 0.509 e.